The SMILES string of the molecule is O=C(Cn1cnccc1=O)NCc1ccc(Cl)cc1. The van der Waals surface area contributed by atoms with Crippen molar-refractivity contribution in [3.05, 3.63) is 63.8 Å². The third kappa shape index (κ3) is 3.93. The average molecular weight is 278 g/mol. The van der Waals surface area contributed by atoms with E-state index in [-0.39, 0.29) is 18.0 Å². The number of nitrogens with zero attached hydrogens (tertiary/aromatic N) is 2. The van der Waals surface area contributed by atoms with Gasteiger partial charge in [-0.1, -0.05) is 23.7 Å². The van der Waals surface area contributed by atoms with Gasteiger partial charge in [-0.05, 0) is 17.7 Å². The van der Waals surface area contributed by atoms with Crippen LogP contribution in [0.4, 0.5) is 0 Å². The Kier molecular flexibility index (Phi) is 4.30. The summed E-state index contributed by atoms with van der Waals surface area (Å²) in [5.41, 5.74) is 0.688. The molecule has 0 saturated heterocycles. The fourth-order valence-electron chi connectivity index (χ4n) is 1.51. The van der Waals surface area contributed by atoms with E-state index >= 15 is 0 Å². The van der Waals surface area contributed by atoms with E-state index in [1.807, 2.05) is 12.1 Å². The Bertz CT molecular complexity index is 622. The van der Waals surface area contributed by atoms with Crippen molar-refractivity contribution < 1.29 is 4.79 Å². The van der Waals surface area contributed by atoms with E-state index in [0.717, 1.165) is 5.56 Å². The van der Waals surface area contributed by atoms with Gasteiger partial charge in [0.05, 0.1) is 6.33 Å². The van der Waals surface area contributed by atoms with Crippen LogP contribution in [0.2, 0.25) is 5.02 Å². The molecule has 1 aromatic heterocycles. The zero-order valence-corrected chi connectivity index (χ0v) is 10.8. The molecule has 0 unspecified atom stereocenters. The van der Waals surface area contributed by atoms with E-state index in [1.54, 1.807) is 12.1 Å². The second-order valence-corrected chi connectivity index (χ2v) is 4.39. The van der Waals surface area contributed by atoms with Crippen molar-refractivity contribution in [2.24, 2.45) is 0 Å². The molecule has 19 heavy (non-hydrogen) atoms. The predicted molar refractivity (Wildman–Crippen MR) is 71.8 cm³/mol. The Morgan fingerprint density at radius 3 is 2.68 bits per heavy atom. The molecule has 0 radical (unpaired) electrons. The molecule has 5 nitrogen and oxygen atoms in total. The van der Waals surface area contributed by atoms with Gasteiger partial charge in [-0.25, -0.2) is 4.98 Å². The molecule has 0 atom stereocenters. The molecular weight excluding hydrogens is 266 g/mol. The number of aromatic nitrogens is 2. The van der Waals surface area contributed by atoms with Crippen molar-refractivity contribution in [1.82, 2.24) is 14.9 Å². The molecule has 0 aliphatic carbocycles. The Balaban J connectivity index is 1.90. The van der Waals surface area contributed by atoms with E-state index in [2.05, 4.69) is 10.3 Å². The summed E-state index contributed by atoms with van der Waals surface area (Å²) < 4.78 is 1.25. The van der Waals surface area contributed by atoms with Gasteiger partial charge in [-0.15, -0.1) is 0 Å². The van der Waals surface area contributed by atoms with Crippen molar-refractivity contribution >= 4 is 17.5 Å². The number of carbonyl (C=O) groups excluding carboxylic acids is 1. The molecule has 6 heteroatoms. The molecule has 1 N–H and O–H groups in total. The molecule has 98 valence electrons. The first-order valence-corrected chi connectivity index (χ1v) is 6.04. The van der Waals surface area contributed by atoms with Crippen molar-refractivity contribution in [1.29, 1.82) is 0 Å². The highest BCUT2D eigenvalue weighted by molar-refractivity contribution is 6.30. The van der Waals surface area contributed by atoms with E-state index in [1.165, 1.54) is 23.2 Å². The summed E-state index contributed by atoms with van der Waals surface area (Å²) in [7, 11) is 0. The van der Waals surface area contributed by atoms with Gasteiger partial charge in [0.1, 0.15) is 6.54 Å². The summed E-state index contributed by atoms with van der Waals surface area (Å²) in [6.45, 7) is 0.352. The van der Waals surface area contributed by atoms with Crippen molar-refractivity contribution in [2.75, 3.05) is 0 Å². The summed E-state index contributed by atoms with van der Waals surface area (Å²) in [6.07, 6.45) is 2.73. The number of amides is 1. The van der Waals surface area contributed by atoms with Gasteiger partial charge < -0.3 is 5.32 Å². The van der Waals surface area contributed by atoms with Crippen LogP contribution in [0.5, 0.6) is 0 Å². The third-order valence-electron chi connectivity index (χ3n) is 2.51. The largest absolute Gasteiger partial charge is 0.350 e. The van der Waals surface area contributed by atoms with Gasteiger partial charge in [0, 0.05) is 23.8 Å². The van der Waals surface area contributed by atoms with Gasteiger partial charge >= 0.3 is 0 Å². The van der Waals surface area contributed by atoms with E-state index in [9.17, 15) is 9.59 Å². The van der Waals surface area contributed by atoms with E-state index in [4.69, 9.17) is 11.6 Å². The maximum Gasteiger partial charge on any atom is 0.253 e. The number of carbonyl (C=O) groups is 1. The van der Waals surface area contributed by atoms with Crippen LogP contribution in [0.1, 0.15) is 5.56 Å². The number of hydrogen-bond donors (Lipinski definition) is 1. The highest BCUT2D eigenvalue weighted by Crippen LogP contribution is 2.08. The minimum atomic E-state index is -0.253. The van der Waals surface area contributed by atoms with Crippen LogP contribution in [-0.2, 0) is 17.9 Å². The second kappa shape index (κ2) is 6.15. The molecule has 0 saturated carbocycles. The first-order valence-electron chi connectivity index (χ1n) is 5.67. The van der Waals surface area contributed by atoms with Crippen LogP contribution in [-0.4, -0.2) is 15.5 Å². The van der Waals surface area contributed by atoms with Crippen molar-refractivity contribution in [2.45, 2.75) is 13.1 Å². The number of rotatable bonds is 4. The molecule has 0 aliphatic heterocycles. The maximum absolute atomic E-state index is 11.7. The van der Waals surface area contributed by atoms with Gasteiger partial charge in [0.2, 0.25) is 5.91 Å². The monoisotopic (exact) mass is 277 g/mol. The Labute approximate surface area is 114 Å². The van der Waals surface area contributed by atoms with Gasteiger partial charge in [-0.3, -0.25) is 14.2 Å². The fourth-order valence-corrected chi connectivity index (χ4v) is 1.64. The van der Waals surface area contributed by atoms with Crippen LogP contribution < -0.4 is 10.9 Å². The quantitative estimate of drug-likeness (QED) is 0.914. The summed E-state index contributed by atoms with van der Waals surface area (Å²) >= 11 is 5.77. The van der Waals surface area contributed by atoms with Gasteiger partial charge in [0.25, 0.3) is 5.56 Å². The molecule has 0 spiro atoms. The summed E-state index contributed by atoms with van der Waals surface area (Å²) in [5.74, 6) is -0.245. The van der Waals surface area contributed by atoms with Gasteiger partial charge in [-0.2, -0.15) is 0 Å². The lowest BCUT2D eigenvalue weighted by Crippen LogP contribution is -2.31. The summed E-state index contributed by atoms with van der Waals surface area (Å²) in [6, 6.07) is 8.49. The van der Waals surface area contributed by atoms with E-state index in [0.29, 0.717) is 11.6 Å². The molecule has 1 amide bonds. The van der Waals surface area contributed by atoms with Crippen LogP contribution in [0.25, 0.3) is 0 Å². The molecule has 2 aromatic rings. The molecular formula is C13H12ClN3O2. The lowest BCUT2D eigenvalue weighted by atomic mass is 10.2. The third-order valence-corrected chi connectivity index (χ3v) is 2.76. The highest BCUT2D eigenvalue weighted by atomic mass is 35.5. The second-order valence-electron chi connectivity index (χ2n) is 3.95. The van der Waals surface area contributed by atoms with Crippen LogP contribution in [0.15, 0.2) is 47.7 Å². The first-order chi connectivity index (χ1) is 9.15. The van der Waals surface area contributed by atoms with Crippen molar-refractivity contribution in [3.63, 3.8) is 0 Å². The molecule has 1 aromatic carbocycles. The summed E-state index contributed by atoms with van der Waals surface area (Å²) in [5, 5.41) is 3.37. The zero-order chi connectivity index (χ0) is 13.7. The minimum absolute atomic E-state index is 0.0414. The highest BCUT2D eigenvalue weighted by Gasteiger charge is 2.03. The fraction of sp³-hybridized carbons (Fsp3) is 0.154. The normalized spacial score (nSPS) is 10.2. The molecule has 0 aliphatic rings. The smallest absolute Gasteiger partial charge is 0.253 e. The number of halogens is 1. The van der Waals surface area contributed by atoms with Crippen LogP contribution in [0, 0.1) is 0 Å². The topological polar surface area (TPSA) is 64.0 Å². The lowest BCUT2D eigenvalue weighted by molar-refractivity contribution is -0.121. The van der Waals surface area contributed by atoms with Crippen LogP contribution >= 0.6 is 11.6 Å². The molecule has 0 fully saturated rings. The van der Waals surface area contributed by atoms with Gasteiger partial charge in [0.15, 0.2) is 0 Å². The maximum atomic E-state index is 11.7. The molecule has 0 bridgehead atoms. The molecule has 2 rings (SSSR count). The Morgan fingerprint density at radius 2 is 2.00 bits per heavy atom. The Hall–Kier alpha value is -2.14. The predicted octanol–water partition coefficient (Wildman–Crippen LogP) is 1.21. The minimum Gasteiger partial charge on any atom is -0.350 e. The first kappa shape index (κ1) is 13.3. The number of nitrogens with one attached hydrogen (secondary N) is 1. The average Bonchev–Trinajstić information content (AvgIpc) is 2.41. The number of hydrogen-bond acceptors (Lipinski definition) is 3. The van der Waals surface area contributed by atoms with Crippen LogP contribution in [0.3, 0.4) is 0 Å². The van der Waals surface area contributed by atoms with Crippen molar-refractivity contribution in [3.8, 4) is 0 Å². The zero-order valence-electron chi connectivity index (χ0n) is 10.0. The summed E-state index contributed by atoms with van der Waals surface area (Å²) in [4.78, 5) is 26.9. The van der Waals surface area contributed by atoms with E-state index < -0.39 is 0 Å². The lowest BCUT2D eigenvalue weighted by Gasteiger charge is -2.06. The Morgan fingerprint density at radius 1 is 1.26 bits per heavy atom. The number of benzene rings is 1. The molecule has 1 heterocycles. The standard InChI is InChI=1S/C13H12ClN3O2/c14-11-3-1-10(2-4-11)7-16-12(18)8-17-9-15-6-5-13(17)19/h1-6,9H,7-8H2,(H,16,18).